The Bertz CT molecular complexity index is 527. The summed E-state index contributed by atoms with van der Waals surface area (Å²) in [5.74, 6) is -0.200. The largest absolute Gasteiger partial charge is 0.320 e. The van der Waals surface area contributed by atoms with E-state index in [1.54, 1.807) is 5.38 Å². The first kappa shape index (κ1) is 11.8. The number of thiazole rings is 1. The molecule has 2 aromatic rings. The summed E-state index contributed by atoms with van der Waals surface area (Å²) in [7, 11) is 0. The highest BCUT2D eigenvalue weighted by molar-refractivity contribution is 9.10. The lowest BCUT2D eigenvalue weighted by Gasteiger charge is -2.02. The minimum absolute atomic E-state index is 0.200. The van der Waals surface area contributed by atoms with Gasteiger partial charge >= 0.3 is 0 Å². The maximum absolute atomic E-state index is 11.7. The molecule has 0 atom stereocenters. The van der Waals surface area contributed by atoms with Crippen molar-refractivity contribution in [2.75, 3.05) is 5.32 Å². The minimum atomic E-state index is -0.200. The maximum atomic E-state index is 11.7. The third-order valence-corrected chi connectivity index (χ3v) is 3.80. The predicted octanol–water partition coefficient (Wildman–Crippen LogP) is 3.92. The molecule has 0 aliphatic heterocycles. The van der Waals surface area contributed by atoms with Gasteiger partial charge in [0.2, 0.25) is 0 Å². The number of carbonyl (C=O) groups excluding carboxylic acids is 1. The van der Waals surface area contributed by atoms with Crippen LogP contribution in [0.2, 0.25) is 0 Å². The first-order chi connectivity index (χ1) is 7.65. The Kier molecular flexibility index (Phi) is 3.73. The van der Waals surface area contributed by atoms with Crippen LogP contribution in [-0.4, -0.2) is 10.9 Å². The molecule has 16 heavy (non-hydrogen) atoms. The summed E-state index contributed by atoms with van der Waals surface area (Å²) in [5.41, 5.74) is 0.741. The van der Waals surface area contributed by atoms with Gasteiger partial charge in [-0.1, -0.05) is 22.0 Å². The first-order valence-electron chi connectivity index (χ1n) is 4.33. The van der Waals surface area contributed by atoms with Crippen LogP contribution in [-0.2, 0) is 0 Å². The fourth-order valence-electron chi connectivity index (χ4n) is 1.11. The van der Waals surface area contributed by atoms with E-state index in [4.69, 9.17) is 0 Å². The number of nitrogens with one attached hydrogen (secondary N) is 1. The number of nitrogens with zero attached hydrogens (tertiary/aromatic N) is 1. The summed E-state index contributed by atoms with van der Waals surface area (Å²) >= 11 is 7.85. The molecular formula is C10H6Br2N2OS. The van der Waals surface area contributed by atoms with E-state index in [1.165, 1.54) is 11.3 Å². The van der Waals surface area contributed by atoms with Crippen molar-refractivity contribution in [1.82, 2.24) is 4.98 Å². The molecule has 6 heteroatoms. The smallest absolute Gasteiger partial charge is 0.284 e. The van der Waals surface area contributed by atoms with Crippen LogP contribution in [0.3, 0.4) is 0 Å². The van der Waals surface area contributed by atoms with Gasteiger partial charge in [0.05, 0.1) is 0 Å². The Labute approximate surface area is 113 Å². The molecule has 1 N–H and O–H groups in total. The number of hydrogen-bond donors (Lipinski definition) is 1. The third-order valence-electron chi connectivity index (χ3n) is 1.75. The van der Waals surface area contributed by atoms with Crippen molar-refractivity contribution in [3.05, 3.63) is 43.7 Å². The molecule has 1 aromatic carbocycles. The van der Waals surface area contributed by atoms with Gasteiger partial charge in [0, 0.05) is 15.5 Å². The quantitative estimate of drug-likeness (QED) is 0.880. The van der Waals surface area contributed by atoms with E-state index in [0.29, 0.717) is 9.61 Å². The summed E-state index contributed by atoms with van der Waals surface area (Å²) in [6.07, 6.45) is 0. The lowest BCUT2D eigenvalue weighted by Crippen LogP contribution is -2.11. The van der Waals surface area contributed by atoms with E-state index < -0.39 is 0 Å². The van der Waals surface area contributed by atoms with Crippen molar-refractivity contribution < 1.29 is 4.79 Å². The third kappa shape index (κ3) is 2.90. The molecule has 3 nitrogen and oxygen atoms in total. The Morgan fingerprint density at radius 3 is 2.81 bits per heavy atom. The summed E-state index contributed by atoms with van der Waals surface area (Å²) in [6.45, 7) is 0. The zero-order chi connectivity index (χ0) is 11.5. The second kappa shape index (κ2) is 5.07. The van der Waals surface area contributed by atoms with Crippen molar-refractivity contribution in [3.8, 4) is 0 Å². The minimum Gasteiger partial charge on any atom is -0.320 e. The number of aromatic nitrogens is 1. The Hall–Kier alpha value is -0.720. The van der Waals surface area contributed by atoms with Crippen LogP contribution in [0, 0.1) is 0 Å². The van der Waals surface area contributed by atoms with Crippen LogP contribution < -0.4 is 5.32 Å². The zero-order valence-electron chi connectivity index (χ0n) is 7.91. The number of amides is 1. The molecule has 0 aliphatic rings. The molecule has 0 saturated heterocycles. The Morgan fingerprint density at radius 1 is 1.38 bits per heavy atom. The van der Waals surface area contributed by atoms with Crippen LogP contribution in [0.4, 0.5) is 5.69 Å². The van der Waals surface area contributed by atoms with E-state index in [2.05, 4.69) is 42.2 Å². The van der Waals surface area contributed by atoms with Gasteiger partial charge in [-0.25, -0.2) is 4.98 Å². The summed E-state index contributed by atoms with van der Waals surface area (Å²) in [6, 6.07) is 7.42. The molecule has 1 amide bonds. The number of anilines is 1. The van der Waals surface area contributed by atoms with Crippen LogP contribution in [0.25, 0.3) is 0 Å². The van der Waals surface area contributed by atoms with Gasteiger partial charge in [-0.05, 0) is 34.1 Å². The normalized spacial score (nSPS) is 10.1. The van der Waals surface area contributed by atoms with Gasteiger partial charge in [0.25, 0.3) is 5.91 Å². The van der Waals surface area contributed by atoms with E-state index in [-0.39, 0.29) is 5.91 Å². The number of carbonyl (C=O) groups is 1. The zero-order valence-corrected chi connectivity index (χ0v) is 11.9. The number of benzene rings is 1. The molecule has 1 aromatic heterocycles. The van der Waals surface area contributed by atoms with Crippen molar-refractivity contribution in [2.45, 2.75) is 0 Å². The maximum Gasteiger partial charge on any atom is 0.284 e. The van der Waals surface area contributed by atoms with E-state index >= 15 is 0 Å². The van der Waals surface area contributed by atoms with Crippen LogP contribution >= 0.6 is 43.2 Å². The second-order valence-corrected chi connectivity index (χ2v) is 5.53. The van der Waals surface area contributed by atoms with Gasteiger partial charge in [0.15, 0.2) is 5.01 Å². The van der Waals surface area contributed by atoms with Crippen molar-refractivity contribution in [1.29, 1.82) is 0 Å². The van der Waals surface area contributed by atoms with E-state index in [1.807, 2.05) is 24.3 Å². The van der Waals surface area contributed by atoms with Crippen molar-refractivity contribution in [2.24, 2.45) is 0 Å². The first-order valence-corrected chi connectivity index (χ1v) is 6.79. The van der Waals surface area contributed by atoms with E-state index in [9.17, 15) is 4.79 Å². The molecule has 0 bridgehead atoms. The number of hydrogen-bond acceptors (Lipinski definition) is 3. The molecule has 0 saturated carbocycles. The number of rotatable bonds is 2. The molecule has 0 unspecified atom stereocenters. The van der Waals surface area contributed by atoms with Crippen LogP contribution in [0.5, 0.6) is 0 Å². The lowest BCUT2D eigenvalue weighted by molar-refractivity contribution is 0.102. The summed E-state index contributed by atoms with van der Waals surface area (Å²) < 4.78 is 1.60. The molecule has 0 spiro atoms. The average molecular weight is 362 g/mol. The van der Waals surface area contributed by atoms with Gasteiger partial charge in [-0.2, -0.15) is 0 Å². The standard InChI is InChI=1S/C10H6Br2N2OS/c11-6-2-1-3-7(4-6)13-9(15)10-14-8(12)5-16-10/h1-5H,(H,13,15). The highest BCUT2D eigenvalue weighted by atomic mass is 79.9. The molecule has 0 aliphatic carbocycles. The molecule has 0 radical (unpaired) electrons. The molecule has 82 valence electrons. The van der Waals surface area contributed by atoms with Gasteiger partial charge in [0.1, 0.15) is 4.60 Å². The lowest BCUT2D eigenvalue weighted by atomic mass is 10.3. The highest BCUT2D eigenvalue weighted by Crippen LogP contribution is 2.19. The Balaban J connectivity index is 2.13. The molecular weight excluding hydrogens is 356 g/mol. The van der Waals surface area contributed by atoms with Crippen molar-refractivity contribution >= 4 is 54.8 Å². The van der Waals surface area contributed by atoms with Gasteiger partial charge in [-0.15, -0.1) is 11.3 Å². The fourth-order valence-corrected chi connectivity index (χ4v) is 2.65. The molecule has 1 heterocycles. The Morgan fingerprint density at radius 2 is 2.19 bits per heavy atom. The van der Waals surface area contributed by atoms with Crippen molar-refractivity contribution in [3.63, 3.8) is 0 Å². The van der Waals surface area contributed by atoms with Crippen LogP contribution in [0.1, 0.15) is 9.80 Å². The summed E-state index contributed by atoms with van der Waals surface area (Å²) in [5, 5.41) is 4.98. The molecule has 0 fully saturated rings. The molecule has 2 rings (SSSR count). The predicted molar refractivity (Wildman–Crippen MR) is 71.9 cm³/mol. The van der Waals surface area contributed by atoms with Gasteiger partial charge in [-0.3, -0.25) is 4.79 Å². The monoisotopic (exact) mass is 360 g/mol. The fraction of sp³-hybridized carbons (Fsp3) is 0. The SMILES string of the molecule is O=C(Nc1cccc(Br)c1)c1nc(Br)cs1. The number of halogens is 2. The highest BCUT2D eigenvalue weighted by Gasteiger charge is 2.10. The average Bonchev–Trinajstić information content (AvgIpc) is 2.65. The van der Waals surface area contributed by atoms with E-state index in [0.717, 1.165) is 10.2 Å². The second-order valence-electron chi connectivity index (χ2n) is 2.94. The topological polar surface area (TPSA) is 42.0 Å². The summed E-state index contributed by atoms with van der Waals surface area (Å²) in [4.78, 5) is 15.8. The van der Waals surface area contributed by atoms with Gasteiger partial charge < -0.3 is 5.32 Å². The van der Waals surface area contributed by atoms with Crippen LogP contribution in [0.15, 0.2) is 38.7 Å².